The Hall–Kier alpha value is -0.860. The monoisotopic (exact) mass is 453 g/mol. The number of rotatable bonds is 3. The van der Waals surface area contributed by atoms with E-state index in [0.29, 0.717) is 10.8 Å². The van der Waals surface area contributed by atoms with E-state index in [1.807, 2.05) is 22.6 Å². The Morgan fingerprint density at radius 2 is 2.16 bits per heavy atom. The van der Waals surface area contributed by atoms with Crippen LogP contribution in [0.4, 0.5) is 0 Å². The summed E-state index contributed by atoms with van der Waals surface area (Å²) in [5, 5.41) is 9.29. The van der Waals surface area contributed by atoms with Gasteiger partial charge in [-0.15, -0.1) is 0 Å². The Morgan fingerprint density at radius 1 is 1.42 bits per heavy atom. The average Bonchev–Trinajstić information content (AvgIpc) is 2.34. The van der Waals surface area contributed by atoms with Crippen LogP contribution in [0.5, 0.6) is 11.6 Å². The minimum atomic E-state index is -1.02. The number of aromatic carboxylic acids is 1. The van der Waals surface area contributed by atoms with Crippen molar-refractivity contribution < 1.29 is 14.6 Å². The van der Waals surface area contributed by atoms with Crippen LogP contribution < -0.4 is 4.74 Å². The van der Waals surface area contributed by atoms with E-state index in [1.165, 1.54) is 12.1 Å². The van der Waals surface area contributed by atoms with Gasteiger partial charge >= 0.3 is 5.97 Å². The highest BCUT2D eigenvalue weighted by molar-refractivity contribution is 14.1. The molecule has 1 aromatic heterocycles. The van der Waals surface area contributed by atoms with E-state index in [9.17, 15) is 4.79 Å². The van der Waals surface area contributed by atoms with Crippen molar-refractivity contribution in [2.45, 2.75) is 0 Å². The number of hydrogen-bond donors (Lipinski definition) is 1. The van der Waals surface area contributed by atoms with Gasteiger partial charge in [0.1, 0.15) is 10.8 Å². The smallest absolute Gasteiger partial charge is 0.335 e. The lowest BCUT2D eigenvalue weighted by molar-refractivity contribution is 0.0696. The summed E-state index contributed by atoms with van der Waals surface area (Å²) < 4.78 is 7.05. The largest absolute Gasteiger partial charge is 0.478 e. The molecule has 4 nitrogen and oxygen atoms in total. The van der Waals surface area contributed by atoms with Crippen LogP contribution in [0.15, 0.2) is 34.9 Å². The molecular formula is C12H6BrClINO3. The standard InChI is InChI=1S/C12H6BrClINO3/c13-7-4-8(14)11(16-5-7)19-10-3-6(12(17)18)1-2-9(10)15/h1-5H,(H,17,18). The molecule has 0 fully saturated rings. The molecule has 0 aliphatic heterocycles. The van der Waals surface area contributed by atoms with Gasteiger partial charge in [-0.3, -0.25) is 0 Å². The number of aromatic nitrogens is 1. The molecule has 2 rings (SSSR count). The third kappa shape index (κ3) is 3.58. The molecule has 0 unspecified atom stereocenters. The fraction of sp³-hybridized carbons (Fsp3) is 0. The Bertz CT molecular complexity index is 651. The zero-order chi connectivity index (χ0) is 14.0. The van der Waals surface area contributed by atoms with Gasteiger partial charge in [0.05, 0.1) is 9.13 Å². The van der Waals surface area contributed by atoms with Crippen LogP contribution in [-0.2, 0) is 0 Å². The second kappa shape index (κ2) is 6.06. The van der Waals surface area contributed by atoms with E-state index in [4.69, 9.17) is 21.4 Å². The number of carboxylic acids is 1. The highest BCUT2D eigenvalue weighted by Gasteiger charge is 2.11. The first-order valence-corrected chi connectivity index (χ1v) is 7.24. The lowest BCUT2D eigenvalue weighted by Gasteiger charge is -2.09. The lowest BCUT2D eigenvalue weighted by atomic mass is 10.2. The van der Waals surface area contributed by atoms with Crippen LogP contribution in [0.1, 0.15) is 10.4 Å². The predicted octanol–water partition coefficient (Wildman–Crippen LogP) is 4.59. The third-order valence-electron chi connectivity index (χ3n) is 2.16. The minimum absolute atomic E-state index is 0.142. The number of ether oxygens (including phenoxy) is 1. The number of nitrogens with zero attached hydrogens (tertiary/aromatic N) is 1. The Labute approximate surface area is 136 Å². The first kappa shape index (κ1) is 14.5. The number of halogens is 3. The maximum Gasteiger partial charge on any atom is 0.335 e. The first-order chi connectivity index (χ1) is 8.97. The van der Waals surface area contributed by atoms with Crippen LogP contribution in [0, 0.1) is 3.57 Å². The zero-order valence-corrected chi connectivity index (χ0v) is 13.7. The van der Waals surface area contributed by atoms with Crippen molar-refractivity contribution in [3.05, 3.63) is 49.1 Å². The van der Waals surface area contributed by atoms with Crippen molar-refractivity contribution in [2.75, 3.05) is 0 Å². The molecule has 1 N–H and O–H groups in total. The highest BCUT2D eigenvalue weighted by Crippen LogP contribution is 2.32. The van der Waals surface area contributed by atoms with Crippen molar-refractivity contribution in [1.29, 1.82) is 0 Å². The molecule has 0 saturated carbocycles. The van der Waals surface area contributed by atoms with E-state index in [1.54, 1.807) is 18.3 Å². The first-order valence-electron chi connectivity index (χ1n) is 4.99. The number of pyridine rings is 1. The molecule has 98 valence electrons. The SMILES string of the molecule is O=C(O)c1ccc(I)c(Oc2ncc(Br)cc2Cl)c1. The molecule has 0 saturated heterocycles. The number of benzene rings is 1. The maximum absolute atomic E-state index is 10.9. The molecule has 0 atom stereocenters. The van der Waals surface area contributed by atoms with Crippen LogP contribution in [0.25, 0.3) is 0 Å². The average molecular weight is 454 g/mol. The van der Waals surface area contributed by atoms with Crippen LogP contribution >= 0.6 is 50.1 Å². The molecule has 0 amide bonds. The van der Waals surface area contributed by atoms with Gasteiger partial charge in [-0.1, -0.05) is 11.6 Å². The second-order valence-corrected chi connectivity index (χ2v) is 5.98. The van der Waals surface area contributed by atoms with Crippen LogP contribution in [0.2, 0.25) is 5.02 Å². The topological polar surface area (TPSA) is 59.4 Å². The van der Waals surface area contributed by atoms with E-state index >= 15 is 0 Å². The fourth-order valence-electron chi connectivity index (χ4n) is 1.30. The summed E-state index contributed by atoms with van der Waals surface area (Å²) in [5.41, 5.74) is 0.142. The zero-order valence-electron chi connectivity index (χ0n) is 9.23. The number of carboxylic acid groups (broad SMARTS) is 1. The predicted molar refractivity (Wildman–Crippen MR) is 83.1 cm³/mol. The summed E-state index contributed by atoms with van der Waals surface area (Å²) in [7, 11) is 0. The lowest BCUT2D eigenvalue weighted by Crippen LogP contribution is -1.98. The molecule has 0 radical (unpaired) electrons. The van der Waals surface area contributed by atoms with Gasteiger partial charge < -0.3 is 9.84 Å². The van der Waals surface area contributed by atoms with Crippen molar-refractivity contribution in [3.63, 3.8) is 0 Å². The van der Waals surface area contributed by atoms with Gasteiger partial charge in [0.25, 0.3) is 0 Å². The highest BCUT2D eigenvalue weighted by atomic mass is 127. The number of carbonyl (C=O) groups is 1. The van der Waals surface area contributed by atoms with Crippen molar-refractivity contribution in [2.24, 2.45) is 0 Å². The molecule has 1 aromatic carbocycles. The molecule has 19 heavy (non-hydrogen) atoms. The van der Waals surface area contributed by atoms with Gasteiger partial charge in [-0.25, -0.2) is 9.78 Å². The Kier molecular flexibility index (Phi) is 4.64. The number of hydrogen-bond acceptors (Lipinski definition) is 3. The molecule has 0 aliphatic rings. The molecule has 0 bridgehead atoms. The van der Waals surface area contributed by atoms with E-state index in [0.717, 1.165) is 8.04 Å². The normalized spacial score (nSPS) is 10.3. The molecule has 0 aliphatic carbocycles. The summed E-state index contributed by atoms with van der Waals surface area (Å²) in [6, 6.07) is 6.25. The Balaban J connectivity index is 2.37. The van der Waals surface area contributed by atoms with Crippen molar-refractivity contribution in [3.8, 4) is 11.6 Å². The summed E-state index contributed by atoms with van der Waals surface area (Å²) in [5.74, 6) is -0.390. The van der Waals surface area contributed by atoms with E-state index < -0.39 is 5.97 Å². The fourth-order valence-corrected chi connectivity index (χ4v) is 2.41. The maximum atomic E-state index is 10.9. The molecular weight excluding hydrogens is 448 g/mol. The molecule has 7 heteroatoms. The minimum Gasteiger partial charge on any atom is -0.478 e. The molecule has 2 aromatic rings. The van der Waals surface area contributed by atoms with Gasteiger partial charge in [-0.05, 0) is 62.8 Å². The summed E-state index contributed by atoms with van der Waals surface area (Å²) in [4.78, 5) is 15.0. The summed E-state index contributed by atoms with van der Waals surface area (Å²) in [6.07, 6.45) is 1.55. The van der Waals surface area contributed by atoms with Crippen molar-refractivity contribution in [1.82, 2.24) is 4.98 Å². The second-order valence-electron chi connectivity index (χ2n) is 3.49. The third-order valence-corrected chi connectivity index (χ3v) is 3.75. The molecule has 0 spiro atoms. The van der Waals surface area contributed by atoms with E-state index in [2.05, 4.69) is 20.9 Å². The van der Waals surface area contributed by atoms with Crippen LogP contribution in [-0.4, -0.2) is 16.1 Å². The van der Waals surface area contributed by atoms with Gasteiger partial charge in [0.2, 0.25) is 5.88 Å². The van der Waals surface area contributed by atoms with Gasteiger partial charge in [0.15, 0.2) is 0 Å². The quantitative estimate of drug-likeness (QED) is 0.690. The Morgan fingerprint density at radius 3 is 2.79 bits per heavy atom. The van der Waals surface area contributed by atoms with Crippen LogP contribution in [0.3, 0.4) is 0 Å². The molecule has 1 heterocycles. The summed E-state index contributed by atoms with van der Waals surface area (Å²) >= 11 is 11.3. The van der Waals surface area contributed by atoms with Gasteiger partial charge in [0, 0.05) is 10.7 Å². The van der Waals surface area contributed by atoms with E-state index in [-0.39, 0.29) is 11.4 Å². The van der Waals surface area contributed by atoms with Crippen molar-refractivity contribution >= 4 is 56.1 Å². The van der Waals surface area contributed by atoms with Gasteiger partial charge in [-0.2, -0.15) is 0 Å². The summed E-state index contributed by atoms with van der Waals surface area (Å²) in [6.45, 7) is 0.